The first-order valence-electron chi connectivity index (χ1n) is 8.42. The summed E-state index contributed by atoms with van der Waals surface area (Å²) in [5.41, 5.74) is 2.23. The van der Waals surface area contributed by atoms with Crippen LogP contribution in [0.25, 0.3) is 11.4 Å². The van der Waals surface area contributed by atoms with Gasteiger partial charge >= 0.3 is 5.97 Å². The lowest BCUT2D eigenvalue weighted by molar-refractivity contribution is -0.147. The number of carbonyl (C=O) groups is 1. The van der Waals surface area contributed by atoms with Crippen LogP contribution in [0.1, 0.15) is 37.7 Å². The Balaban J connectivity index is 1.57. The molecule has 6 heteroatoms. The standard InChI is InChI=1S/C18H23N3O2S/c1-13-8-10-14(11-9-13)17-19-20-18(21(17)2)24-12-16(22)23-15-6-4-3-5-7-15/h8-11,15H,3-7,12H2,1-2H3. The van der Waals surface area contributed by atoms with Gasteiger partial charge in [-0.05, 0) is 32.6 Å². The molecule has 1 saturated carbocycles. The summed E-state index contributed by atoms with van der Waals surface area (Å²) in [4.78, 5) is 12.0. The number of carbonyl (C=O) groups excluding carboxylic acids is 1. The van der Waals surface area contributed by atoms with Crippen molar-refractivity contribution in [2.75, 3.05) is 5.75 Å². The number of hydrogen-bond acceptors (Lipinski definition) is 5. The van der Waals surface area contributed by atoms with Crippen LogP contribution in [0.3, 0.4) is 0 Å². The number of ether oxygens (including phenoxy) is 1. The van der Waals surface area contributed by atoms with E-state index in [2.05, 4.69) is 29.3 Å². The molecule has 5 nitrogen and oxygen atoms in total. The Bertz CT molecular complexity index is 691. The van der Waals surface area contributed by atoms with E-state index >= 15 is 0 Å². The lowest BCUT2D eigenvalue weighted by Gasteiger charge is -2.21. The van der Waals surface area contributed by atoms with E-state index in [1.807, 2.05) is 23.7 Å². The summed E-state index contributed by atoms with van der Waals surface area (Å²) in [6.07, 6.45) is 5.68. The van der Waals surface area contributed by atoms with Crippen molar-refractivity contribution < 1.29 is 9.53 Å². The van der Waals surface area contributed by atoms with Crippen LogP contribution < -0.4 is 0 Å². The van der Waals surface area contributed by atoms with Gasteiger partial charge in [-0.2, -0.15) is 0 Å². The predicted molar refractivity (Wildman–Crippen MR) is 94.9 cm³/mol. The highest BCUT2D eigenvalue weighted by Gasteiger charge is 2.19. The number of aryl methyl sites for hydroxylation is 1. The van der Waals surface area contributed by atoms with Gasteiger partial charge in [0.1, 0.15) is 6.10 Å². The lowest BCUT2D eigenvalue weighted by Crippen LogP contribution is -2.22. The van der Waals surface area contributed by atoms with Crippen LogP contribution in [0.15, 0.2) is 29.4 Å². The average Bonchev–Trinajstić information content (AvgIpc) is 2.95. The minimum Gasteiger partial charge on any atom is -0.462 e. The van der Waals surface area contributed by atoms with Gasteiger partial charge in [-0.1, -0.05) is 48.0 Å². The van der Waals surface area contributed by atoms with E-state index < -0.39 is 0 Å². The number of benzene rings is 1. The van der Waals surface area contributed by atoms with Gasteiger partial charge in [0.2, 0.25) is 0 Å². The fourth-order valence-corrected chi connectivity index (χ4v) is 3.61. The van der Waals surface area contributed by atoms with Gasteiger partial charge in [0.05, 0.1) is 5.75 Å². The third kappa shape index (κ3) is 4.17. The minimum atomic E-state index is -0.160. The highest BCUT2D eigenvalue weighted by atomic mass is 32.2. The summed E-state index contributed by atoms with van der Waals surface area (Å²) < 4.78 is 7.46. The van der Waals surface area contributed by atoms with Crippen molar-refractivity contribution in [3.63, 3.8) is 0 Å². The largest absolute Gasteiger partial charge is 0.462 e. The predicted octanol–water partition coefficient (Wildman–Crippen LogP) is 3.76. The molecule has 0 bridgehead atoms. The fraction of sp³-hybridized carbons (Fsp3) is 0.500. The van der Waals surface area contributed by atoms with E-state index in [9.17, 15) is 4.79 Å². The van der Waals surface area contributed by atoms with Gasteiger partial charge in [-0.3, -0.25) is 4.79 Å². The molecule has 0 saturated heterocycles. The first-order valence-corrected chi connectivity index (χ1v) is 9.41. The zero-order valence-corrected chi connectivity index (χ0v) is 15.0. The van der Waals surface area contributed by atoms with E-state index in [-0.39, 0.29) is 17.8 Å². The molecule has 0 aliphatic heterocycles. The molecular weight excluding hydrogens is 322 g/mol. The number of rotatable bonds is 5. The van der Waals surface area contributed by atoms with Gasteiger partial charge in [0, 0.05) is 12.6 Å². The van der Waals surface area contributed by atoms with Crippen LogP contribution in [0.2, 0.25) is 0 Å². The van der Waals surface area contributed by atoms with Crippen LogP contribution in [0.5, 0.6) is 0 Å². The summed E-state index contributed by atoms with van der Waals surface area (Å²) in [5.74, 6) is 0.918. The highest BCUT2D eigenvalue weighted by Crippen LogP contribution is 2.24. The van der Waals surface area contributed by atoms with Gasteiger partial charge in [-0.25, -0.2) is 0 Å². The number of esters is 1. The summed E-state index contributed by atoms with van der Waals surface area (Å²) in [7, 11) is 1.92. The monoisotopic (exact) mass is 345 g/mol. The number of nitrogens with zero attached hydrogens (tertiary/aromatic N) is 3. The number of hydrogen-bond donors (Lipinski definition) is 0. The molecule has 1 heterocycles. The van der Waals surface area contributed by atoms with Crippen molar-refractivity contribution in [1.82, 2.24) is 14.8 Å². The van der Waals surface area contributed by atoms with Gasteiger partial charge < -0.3 is 9.30 Å². The van der Waals surface area contributed by atoms with E-state index in [1.165, 1.54) is 23.7 Å². The molecule has 0 radical (unpaired) electrons. The molecule has 1 aliphatic rings. The SMILES string of the molecule is Cc1ccc(-c2nnc(SCC(=O)OC3CCCCC3)n2C)cc1. The Morgan fingerprint density at radius 2 is 1.92 bits per heavy atom. The average molecular weight is 345 g/mol. The molecule has 24 heavy (non-hydrogen) atoms. The lowest BCUT2D eigenvalue weighted by atomic mass is 9.98. The molecule has 0 amide bonds. The number of thioether (sulfide) groups is 1. The second-order valence-corrected chi connectivity index (χ2v) is 7.21. The molecule has 1 aromatic heterocycles. The van der Waals surface area contributed by atoms with Gasteiger partial charge in [-0.15, -0.1) is 10.2 Å². The fourth-order valence-electron chi connectivity index (χ4n) is 2.92. The minimum absolute atomic E-state index is 0.106. The van der Waals surface area contributed by atoms with Crippen molar-refractivity contribution >= 4 is 17.7 Å². The van der Waals surface area contributed by atoms with Crippen LogP contribution in [-0.4, -0.2) is 32.6 Å². The van der Waals surface area contributed by atoms with E-state index in [1.54, 1.807) is 0 Å². The summed E-state index contributed by atoms with van der Waals surface area (Å²) in [6, 6.07) is 8.17. The molecule has 0 atom stereocenters. The van der Waals surface area contributed by atoms with Crippen LogP contribution in [0.4, 0.5) is 0 Å². The smallest absolute Gasteiger partial charge is 0.316 e. The molecule has 3 rings (SSSR count). The summed E-state index contributed by atoms with van der Waals surface area (Å²) in [5, 5.41) is 9.18. The third-order valence-electron chi connectivity index (χ3n) is 4.31. The Morgan fingerprint density at radius 3 is 2.62 bits per heavy atom. The second kappa shape index (κ2) is 7.83. The molecule has 128 valence electrons. The van der Waals surface area contributed by atoms with Crippen LogP contribution in [-0.2, 0) is 16.6 Å². The zero-order valence-electron chi connectivity index (χ0n) is 14.2. The van der Waals surface area contributed by atoms with Gasteiger partial charge in [0.15, 0.2) is 11.0 Å². The number of aromatic nitrogens is 3. The molecule has 0 spiro atoms. The molecule has 2 aromatic rings. The molecule has 1 fully saturated rings. The second-order valence-electron chi connectivity index (χ2n) is 6.27. The maximum absolute atomic E-state index is 12.0. The maximum Gasteiger partial charge on any atom is 0.316 e. The Hall–Kier alpha value is -1.82. The van der Waals surface area contributed by atoms with Crippen LogP contribution in [0, 0.1) is 6.92 Å². The van der Waals surface area contributed by atoms with Crippen molar-refractivity contribution in [1.29, 1.82) is 0 Å². The molecule has 1 aromatic carbocycles. The van der Waals surface area contributed by atoms with E-state index in [0.29, 0.717) is 0 Å². The molecule has 1 aliphatic carbocycles. The first-order chi connectivity index (χ1) is 11.6. The first kappa shape index (κ1) is 17.0. The normalized spacial score (nSPS) is 15.4. The van der Waals surface area contributed by atoms with Crippen LogP contribution >= 0.6 is 11.8 Å². The van der Waals surface area contributed by atoms with Crippen molar-refractivity contribution in [2.45, 2.75) is 50.3 Å². The zero-order chi connectivity index (χ0) is 16.9. The van der Waals surface area contributed by atoms with Crippen molar-refractivity contribution in [3.05, 3.63) is 29.8 Å². The van der Waals surface area contributed by atoms with E-state index in [0.717, 1.165) is 42.2 Å². The summed E-state index contributed by atoms with van der Waals surface area (Å²) >= 11 is 1.38. The topological polar surface area (TPSA) is 57.0 Å². The van der Waals surface area contributed by atoms with Crippen molar-refractivity contribution in [3.8, 4) is 11.4 Å². The third-order valence-corrected chi connectivity index (χ3v) is 5.31. The molecular formula is C18H23N3O2S. The Kier molecular flexibility index (Phi) is 5.56. The Morgan fingerprint density at radius 1 is 1.21 bits per heavy atom. The quantitative estimate of drug-likeness (QED) is 0.610. The molecule has 0 N–H and O–H groups in total. The van der Waals surface area contributed by atoms with Gasteiger partial charge in [0.25, 0.3) is 0 Å². The van der Waals surface area contributed by atoms with E-state index in [4.69, 9.17) is 4.74 Å². The summed E-state index contributed by atoms with van der Waals surface area (Å²) in [6.45, 7) is 2.06. The van der Waals surface area contributed by atoms with Crippen molar-refractivity contribution in [2.24, 2.45) is 7.05 Å². The highest BCUT2D eigenvalue weighted by molar-refractivity contribution is 7.99. The molecule has 0 unspecified atom stereocenters. The Labute approximate surface area is 146 Å². The maximum atomic E-state index is 12.0.